The Bertz CT molecular complexity index is 1470. The van der Waals surface area contributed by atoms with E-state index in [0.29, 0.717) is 16.9 Å². The lowest BCUT2D eigenvalue weighted by atomic mass is 9.77. The van der Waals surface area contributed by atoms with E-state index in [1.165, 1.54) is 43.1 Å². The quantitative estimate of drug-likeness (QED) is 0.413. The van der Waals surface area contributed by atoms with Crippen LogP contribution >= 0.6 is 11.3 Å². The number of aryl methyl sites for hydroxylation is 1. The van der Waals surface area contributed by atoms with Crippen LogP contribution in [0.5, 0.6) is 5.88 Å². The van der Waals surface area contributed by atoms with E-state index in [2.05, 4.69) is 21.7 Å². The molecule has 0 N–H and O–H groups in total. The number of pyridine rings is 1. The molecule has 3 aromatic rings. The second-order valence-electron chi connectivity index (χ2n) is 11.5. The van der Waals surface area contributed by atoms with Crippen LogP contribution in [0.1, 0.15) is 48.1 Å². The van der Waals surface area contributed by atoms with Crippen LogP contribution < -0.4 is 9.64 Å². The molecule has 0 atom stereocenters. The summed E-state index contributed by atoms with van der Waals surface area (Å²) in [5, 5.41) is 0. The maximum absolute atomic E-state index is 12.2. The zero-order chi connectivity index (χ0) is 27.2. The average molecular weight is 572 g/mol. The Hall–Kier alpha value is -2.34. The molecule has 0 saturated carbocycles. The molecule has 0 radical (unpaired) electrons. The van der Waals surface area contributed by atoms with Gasteiger partial charge in [-0.25, -0.2) is 23.4 Å². The van der Waals surface area contributed by atoms with Gasteiger partial charge in [-0.3, -0.25) is 4.90 Å². The lowest BCUT2D eigenvalue weighted by Crippen LogP contribution is -2.50. The normalized spacial score (nSPS) is 19.9. The number of anilines is 1. The number of rotatable bonds is 7. The van der Waals surface area contributed by atoms with Crippen LogP contribution in [0.4, 0.5) is 5.95 Å². The fraction of sp³-hybridized carbons (Fsp3) is 0.607. The zero-order valence-electron chi connectivity index (χ0n) is 23.0. The van der Waals surface area contributed by atoms with Gasteiger partial charge < -0.3 is 14.4 Å². The zero-order valence-corrected chi connectivity index (χ0v) is 24.7. The van der Waals surface area contributed by atoms with Crippen molar-refractivity contribution in [2.75, 3.05) is 57.7 Å². The average Bonchev–Trinajstić information content (AvgIpc) is 3.22. The summed E-state index contributed by atoms with van der Waals surface area (Å²) in [7, 11) is -1.76. The van der Waals surface area contributed by atoms with E-state index in [4.69, 9.17) is 19.4 Å². The molecular weight excluding hydrogens is 534 g/mol. The van der Waals surface area contributed by atoms with Gasteiger partial charge in [0.15, 0.2) is 9.84 Å². The number of hydrogen-bond donors (Lipinski definition) is 0. The molecule has 6 rings (SSSR count). The minimum Gasteiger partial charge on any atom is -0.481 e. The van der Waals surface area contributed by atoms with E-state index in [9.17, 15) is 8.42 Å². The lowest BCUT2D eigenvalue weighted by molar-refractivity contribution is -0.140. The number of thiophene rings is 1. The summed E-state index contributed by atoms with van der Waals surface area (Å²) in [6, 6.07) is 1.87. The molecule has 210 valence electrons. The Kier molecular flexibility index (Phi) is 7.28. The van der Waals surface area contributed by atoms with Gasteiger partial charge in [-0.15, -0.1) is 11.3 Å². The van der Waals surface area contributed by atoms with E-state index in [1.54, 1.807) is 17.5 Å². The molecular formula is C28H37N5O4S2. The standard InChI is InChI=1S/C28H37N5O4S2/c1-19-22(15-32-11-7-28(8-12-32)17-37-18-28)24-25(38-19)23(30-27(31-24)33-9-5-4-6-10-33)20-13-21(16-39(3,34)35)26(36-2)29-14-20/h13-14H,4-12,15-18H2,1-3H3. The molecule has 9 nitrogen and oxygen atoms in total. The Morgan fingerprint density at radius 1 is 1.10 bits per heavy atom. The van der Waals surface area contributed by atoms with Gasteiger partial charge in [-0.2, -0.15) is 0 Å². The van der Waals surface area contributed by atoms with Gasteiger partial charge >= 0.3 is 0 Å². The molecule has 3 aromatic heterocycles. The SMILES string of the molecule is COc1ncc(-c2nc(N3CCCCC3)nc3c(CN4CCC5(CC4)COC5)c(C)sc23)cc1CS(C)(=O)=O. The molecule has 0 unspecified atom stereocenters. The Morgan fingerprint density at radius 3 is 2.49 bits per heavy atom. The molecule has 3 aliphatic heterocycles. The molecule has 3 aliphatic rings. The van der Waals surface area contributed by atoms with Gasteiger partial charge in [0.25, 0.3) is 0 Å². The Balaban J connectivity index is 1.42. The number of hydrogen-bond acceptors (Lipinski definition) is 10. The predicted molar refractivity (Wildman–Crippen MR) is 154 cm³/mol. The molecule has 0 amide bonds. The van der Waals surface area contributed by atoms with E-state index < -0.39 is 9.84 Å². The number of sulfone groups is 1. The van der Waals surface area contributed by atoms with Crippen molar-refractivity contribution in [3.8, 4) is 17.1 Å². The van der Waals surface area contributed by atoms with Gasteiger partial charge in [0.05, 0.1) is 42.0 Å². The number of piperidine rings is 2. The number of fused-ring (bicyclic) bond motifs is 1. The van der Waals surface area contributed by atoms with Crippen molar-refractivity contribution in [1.82, 2.24) is 19.9 Å². The van der Waals surface area contributed by atoms with Crippen molar-refractivity contribution in [3.63, 3.8) is 0 Å². The first-order valence-corrected chi connectivity index (χ1v) is 16.7. The largest absolute Gasteiger partial charge is 0.481 e. The summed E-state index contributed by atoms with van der Waals surface area (Å²) in [6.45, 7) is 8.92. The lowest BCUT2D eigenvalue weighted by Gasteiger charge is -2.47. The minimum atomic E-state index is -3.27. The fourth-order valence-corrected chi connectivity index (χ4v) is 7.91. The molecule has 1 spiro atoms. The Labute approximate surface area is 234 Å². The molecule has 3 saturated heterocycles. The van der Waals surface area contributed by atoms with E-state index in [-0.39, 0.29) is 5.75 Å². The molecule has 0 bridgehead atoms. The summed E-state index contributed by atoms with van der Waals surface area (Å²) in [6.07, 6.45) is 8.84. The molecule has 3 fully saturated rings. The molecule has 6 heterocycles. The first-order chi connectivity index (χ1) is 18.7. The maximum atomic E-state index is 12.2. The minimum absolute atomic E-state index is 0.138. The monoisotopic (exact) mass is 571 g/mol. The highest BCUT2D eigenvalue weighted by Crippen LogP contribution is 2.41. The van der Waals surface area contributed by atoms with Gasteiger partial charge in [0.1, 0.15) is 0 Å². The smallest absolute Gasteiger partial charge is 0.226 e. The highest BCUT2D eigenvalue weighted by molar-refractivity contribution is 7.89. The highest BCUT2D eigenvalue weighted by Gasteiger charge is 2.41. The van der Waals surface area contributed by atoms with Crippen LogP contribution in [-0.2, 0) is 26.9 Å². The molecule has 0 aromatic carbocycles. The predicted octanol–water partition coefficient (Wildman–Crippen LogP) is 4.22. The van der Waals surface area contributed by atoms with Crippen molar-refractivity contribution >= 4 is 37.3 Å². The highest BCUT2D eigenvalue weighted by atomic mass is 32.2. The number of methoxy groups -OCH3 is 1. The van der Waals surface area contributed by atoms with Gasteiger partial charge in [0.2, 0.25) is 11.8 Å². The summed E-state index contributed by atoms with van der Waals surface area (Å²) in [5.74, 6) is 0.940. The maximum Gasteiger partial charge on any atom is 0.226 e. The number of aromatic nitrogens is 3. The van der Waals surface area contributed by atoms with Gasteiger partial charge in [-0.1, -0.05) is 0 Å². The van der Waals surface area contributed by atoms with Gasteiger partial charge in [0, 0.05) is 59.1 Å². The first-order valence-electron chi connectivity index (χ1n) is 13.8. The third-order valence-corrected chi connectivity index (χ3v) is 10.4. The molecule has 11 heteroatoms. The van der Waals surface area contributed by atoms with Crippen molar-refractivity contribution < 1.29 is 17.9 Å². The van der Waals surface area contributed by atoms with Gasteiger partial charge in [-0.05, 0) is 58.2 Å². The summed E-state index contributed by atoms with van der Waals surface area (Å²) >= 11 is 1.72. The van der Waals surface area contributed by atoms with Crippen molar-refractivity contribution in [3.05, 3.63) is 28.3 Å². The number of likely N-dealkylation sites (tertiary alicyclic amines) is 1. The first kappa shape index (κ1) is 26.9. The van der Waals surface area contributed by atoms with Crippen LogP contribution in [0.25, 0.3) is 21.5 Å². The van der Waals surface area contributed by atoms with Crippen LogP contribution in [0.2, 0.25) is 0 Å². The van der Waals surface area contributed by atoms with Crippen LogP contribution in [0.15, 0.2) is 12.3 Å². The Morgan fingerprint density at radius 2 is 1.85 bits per heavy atom. The second-order valence-corrected chi connectivity index (χ2v) is 14.8. The van der Waals surface area contributed by atoms with Crippen molar-refractivity contribution in [2.24, 2.45) is 5.41 Å². The van der Waals surface area contributed by atoms with E-state index in [1.807, 2.05) is 6.07 Å². The molecule has 39 heavy (non-hydrogen) atoms. The molecule has 0 aliphatic carbocycles. The van der Waals surface area contributed by atoms with Crippen LogP contribution in [-0.4, -0.2) is 81.0 Å². The van der Waals surface area contributed by atoms with E-state index >= 15 is 0 Å². The van der Waals surface area contributed by atoms with Crippen molar-refractivity contribution in [1.29, 1.82) is 0 Å². The van der Waals surface area contributed by atoms with Crippen LogP contribution in [0, 0.1) is 12.3 Å². The van der Waals surface area contributed by atoms with Crippen LogP contribution in [0.3, 0.4) is 0 Å². The summed E-state index contributed by atoms with van der Waals surface area (Å²) in [5.41, 5.74) is 4.84. The number of nitrogens with zero attached hydrogens (tertiary/aromatic N) is 5. The third kappa shape index (κ3) is 5.51. The summed E-state index contributed by atoms with van der Waals surface area (Å²) < 4.78 is 36.3. The van der Waals surface area contributed by atoms with Crippen molar-refractivity contribution in [2.45, 2.75) is 51.3 Å². The third-order valence-electron chi connectivity index (χ3n) is 8.38. The number of ether oxygens (including phenoxy) is 2. The fourth-order valence-electron chi connectivity index (χ4n) is 6.02. The second kappa shape index (κ2) is 10.6. The topological polar surface area (TPSA) is 97.8 Å². The summed E-state index contributed by atoms with van der Waals surface area (Å²) in [4.78, 5) is 20.9. The van der Waals surface area contributed by atoms with E-state index in [0.717, 1.165) is 86.2 Å².